The Bertz CT molecular complexity index is 1320. The average Bonchev–Trinajstić information content (AvgIpc) is 3.58. The first-order chi connectivity index (χ1) is 38.0. The molecule has 462 valence electrons. The third-order valence-corrected chi connectivity index (χ3v) is 18.2. The van der Waals surface area contributed by atoms with Crippen LogP contribution in [0.4, 0.5) is 0 Å². The van der Waals surface area contributed by atoms with Crippen LogP contribution in [0.5, 0.6) is 0 Å². The molecule has 0 aromatic heterocycles. The quantitative estimate of drug-likeness (QED) is 0.0347. The first-order valence-corrected chi connectivity index (χ1v) is 35.0. The van der Waals surface area contributed by atoms with Crippen molar-refractivity contribution in [2.75, 3.05) is 0 Å². The van der Waals surface area contributed by atoms with Gasteiger partial charge in [0.05, 0.1) is 0 Å². The minimum absolute atomic E-state index is 0.184. The van der Waals surface area contributed by atoms with Crippen molar-refractivity contribution >= 4 is 23.7 Å². The maximum Gasteiger partial charge on any atom is 0.338 e. The van der Waals surface area contributed by atoms with Gasteiger partial charge < -0.3 is 20.4 Å². The number of unbranched alkanes of at least 4 members (excludes halogenated alkanes) is 51. The molecule has 4 N–H and O–H groups in total. The van der Waals surface area contributed by atoms with Crippen molar-refractivity contribution < 1.29 is 39.6 Å². The largest absolute Gasteiger partial charge is 0.481 e. The van der Waals surface area contributed by atoms with E-state index >= 15 is 0 Å². The van der Waals surface area contributed by atoms with Crippen LogP contribution in [-0.2, 0) is 19.2 Å². The Kier molecular flexibility index (Phi) is 52.9. The van der Waals surface area contributed by atoms with Gasteiger partial charge in [0, 0.05) is 6.42 Å². The zero-order valence-corrected chi connectivity index (χ0v) is 52.6. The molecule has 0 rings (SSSR count). The molecule has 8 nitrogen and oxygen atoms in total. The second kappa shape index (κ2) is 54.3. The molecular weight excluding hydrogens is 969 g/mol. The molecular formula is C70H134O8. The van der Waals surface area contributed by atoms with Crippen molar-refractivity contribution in [2.24, 2.45) is 10.8 Å². The van der Waals surface area contributed by atoms with Crippen LogP contribution >= 0.6 is 0 Å². The average molecular weight is 1100 g/mol. The summed E-state index contributed by atoms with van der Waals surface area (Å²) >= 11 is 0. The predicted octanol–water partition coefficient (Wildman–Crippen LogP) is 22.6. The molecule has 0 saturated carbocycles. The zero-order valence-electron chi connectivity index (χ0n) is 52.6. The van der Waals surface area contributed by atoms with Gasteiger partial charge in [-0.25, -0.2) is 4.79 Å². The summed E-state index contributed by atoms with van der Waals surface area (Å²) in [4.78, 5) is 56.1. The summed E-state index contributed by atoms with van der Waals surface area (Å²) in [6.45, 7) is 8.53. The zero-order chi connectivity index (χ0) is 57.5. The molecule has 0 heterocycles. The van der Waals surface area contributed by atoms with Crippen molar-refractivity contribution in [3.05, 3.63) is 0 Å². The topological polar surface area (TPSA) is 149 Å². The Labute approximate surface area is 484 Å². The first kappa shape index (κ1) is 76.0. The normalized spacial score (nSPS) is 13.4. The van der Waals surface area contributed by atoms with Gasteiger partial charge in [0.15, 0.2) is 11.2 Å². The van der Waals surface area contributed by atoms with Crippen molar-refractivity contribution in [3.8, 4) is 0 Å². The van der Waals surface area contributed by atoms with E-state index < -0.39 is 46.5 Å². The number of carbonyl (C=O) groups is 4. The van der Waals surface area contributed by atoms with Gasteiger partial charge in [0.25, 0.3) is 0 Å². The number of aliphatic hydroxyl groups is 1. The molecule has 0 spiro atoms. The second-order valence-electron chi connectivity index (χ2n) is 25.1. The SMILES string of the molecule is CCCCCCCCCCCCCCCCCCCCC(CCCCCCCCCCCCCCCCCCCC)(C(=O)O)C(O)(C(=O)O)C(CCCCCCCCCCCCCCCCCCCC)(C(=O)O)C(=O)CCC. The standard InChI is InChI=1S/C70H134O8/c1-5-9-12-15-18-21-24-27-30-33-36-39-42-45-48-51-54-57-61-68(65(72)73,62-58-55-52-49-46-43-40-37-34-31-28-25-22-19-16-13-10-6-2)70(78,67(76)77)69(66(74)75,64(71)60-8-4)63-59-56-53-50-47-44-41-38-35-32-29-26-23-20-17-14-11-7-3/h78H,5-63H2,1-4H3,(H,72,73)(H,74,75)(H,76,77). The molecule has 0 aromatic rings. The first-order valence-electron chi connectivity index (χ1n) is 35.0. The van der Waals surface area contributed by atoms with Crippen molar-refractivity contribution in [1.29, 1.82) is 0 Å². The van der Waals surface area contributed by atoms with Gasteiger partial charge in [-0.05, 0) is 25.7 Å². The fourth-order valence-electron chi connectivity index (χ4n) is 12.9. The van der Waals surface area contributed by atoms with Crippen molar-refractivity contribution in [1.82, 2.24) is 0 Å². The van der Waals surface area contributed by atoms with E-state index in [2.05, 4.69) is 20.8 Å². The number of hydrogen-bond acceptors (Lipinski definition) is 5. The van der Waals surface area contributed by atoms with Gasteiger partial charge in [-0.1, -0.05) is 374 Å². The Morgan fingerprint density at radius 1 is 0.244 bits per heavy atom. The van der Waals surface area contributed by atoms with Crippen LogP contribution < -0.4 is 0 Å². The van der Waals surface area contributed by atoms with E-state index in [9.17, 15) is 39.6 Å². The van der Waals surface area contributed by atoms with Gasteiger partial charge >= 0.3 is 17.9 Å². The Balaban J connectivity index is 5.65. The predicted molar refractivity (Wildman–Crippen MR) is 333 cm³/mol. The van der Waals surface area contributed by atoms with Crippen LogP contribution in [0.2, 0.25) is 0 Å². The van der Waals surface area contributed by atoms with Crippen LogP contribution in [0.25, 0.3) is 0 Å². The van der Waals surface area contributed by atoms with Crippen LogP contribution in [0, 0.1) is 10.8 Å². The van der Waals surface area contributed by atoms with E-state index in [1.54, 1.807) is 6.92 Å². The van der Waals surface area contributed by atoms with E-state index in [4.69, 9.17) is 0 Å². The lowest BCUT2D eigenvalue weighted by Gasteiger charge is -2.50. The molecule has 0 fully saturated rings. The van der Waals surface area contributed by atoms with Gasteiger partial charge in [-0.3, -0.25) is 14.4 Å². The number of carbonyl (C=O) groups excluding carboxylic acids is 1. The molecule has 2 atom stereocenters. The lowest BCUT2D eigenvalue weighted by atomic mass is 9.51. The number of rotatable bonds is 65. The third-order valence-electron chi connectivity index (χ3n) is 18.2. The molecule has 0 bridgehead atoms. The van der Waals surface area contributed by atoms with Crippen molar-refractivity contribution in [3.63, 3.8) is 0 Å². The van der Waals surface area contributed by atoms with Gasteiger partial charge in [0.1, 0.15) is 5.41 Å². The molecule has 0 aliphatic rings. The molecule has 8 heteroatoms. The summed E-state index contributed by atoms with van der Waals surface area (Å²) in [5.41, 5.74) is -8.47. The number of ketones is 1. The lowest BCUT2D eigenvalue weighted by Crippen LogP contribution is -2.72. The summed E-state index contributed by atoms with van der Waals surface area (Å²) in [5, 5.41) is 46.8. The molecule has 0 amide bonds. The maximum absolute atomic E-state index is 14.4. The van der Waals surface area contributed by atoms with Crippen LogP contribution in [0.15, 0.2) is 0 Å². The molecule has 0 aliphatic carbocycles. The van der Waals surface area contributed by atoms with Gasteiger partial charge in [0.2, 0.25) is 5.60 Å². The number of aliphatic carboxylic acids is 3. The van der Waals surface area contributed by atoms with Gasteiger partial charge in [-0.15, -0.1) is 0 Å². The minimum atomic E-state index is -3.33. The Morgan fingerprint density at radius 3 is 0.603 bits per heavy atom. The van der Waals surface area contributed by atoms with Crippen molar-refractivity contribution in [2.45, 2.75) is 412 Å². The van der Waals surface area contributed by atoms with Crippen LogP contribution in [0.3, 0.4) is 0 Å². The molecule has 0 saturated heterocycles. The molecule has 78 heavy (non-hydrogen) atoms. The number of Topliss-reactive ketones (excluding diaryl/α,β-unsaturated/α-hetero) is 1. The number of carboxylic acids is 3. The third kappa shape index (κ3) is 35.1. The van der Waals surface area contributed by atoms with E-state index in [0.717, 1.165) is 77.0 Å². The monoisotopic (exact) mass is 1100 g/mol. The smallest absolute Gasteiger partial charge is 0.338 e. The minimum Gasteiger partial charge on any atom is -0.481 e. The summed E-state index contributed by atoms with van der Waals surface area (Å²) in [6.07, 6.45) is 61.9. The van der Waals surface area contributed by atoms with Crippen LogP contribution in [-0.4, -0.2) is 49.7 Å². The second-order valence-corrected chi connectivity index (χ2v) is 25.1. The highest BCUT2D eigenvalue weighted by Gasteiger charge is 2.75. The fraction of sp³-hybridized carbons (Fsp3) is 0.943. The Morgan fingerprint density at radius 2 is 0.436 bits per heavy atom. The summed E-state index contributed by atoms with van der Waals surface area (Å²) in [7, 11) is 0. The van der Waals surface area contributed by atoms with E-state index in [0.29, 0.717) is 32.1 Å². The highest BCUT2D eigenvalue weighted by atomic mass is 16.4. The van der Waals surface area contributed by atoms with E-state index in [1.807, 2.05) is 0 Å². The fourth-order valence-corrected chi connectivity index (χ4v) is 12.9. The van der Waals surface area contributed by atoms with Crippen LogP contribution in [0.1, 0.15) is 407 Å². The van der Waals surface area contributed by atoms with E-state index in [1.165, 1.54) is 231 Å². The van der Waals surface area contributed by atoms with E-state index in [-0.39, 0.29) is 32.1 Å². The molecule has 0 aromatic carbocycles. The summed E-state index contributed by atoms with van der Waals surface area (Å²) < 4.78 is 0. The lowest BCUT2D eigenvalue weighted by molar-refractivity contribution is -0.224. The highest BCUT2D eigenvalue weighted by Crippen LogP contribution is 2.55. The number of carboxylic acid groups (broad SMARTS) is 3. The summed E-state index contributed by atoms with van der Waals surface area (Å²) in [6, 6.07) is 0. The maximum atomic E-state index is 14.4. The highest BCUT2D eigenvalue weighted by molar-refractivity contribution is 6.10. The molecule has 0 aliphatic heterocycles. The molecule has 0 radical (unpaired) electrons. The van der Waals surface area contributed by atoms with Gasteiger partial charge in [-0.2, -0.15) is 0 Å². The number of hydrogen-bond donors (Lipinski definition) is 4. The summed E-state index contributed by atoms with van der Waals surface area (Å²) in [5.74, 6) is -5.97. The molecule has 2 unspecified atom stereocenters. The Hall–Kier alpha value is -1.96.